The monoisotopic (exact) mass is 293 g/mol. The zero-order valence-corrected chi connectivity index (χ0v) is 10.7. The fourth-order valence-corrected chi connectivity index (χ4v) is 1.68. The number of aliphatic hydroxyl groups is 1. The van der Waals surface area contributed by atoms with Crippen LogP contribution in [0.5, 0.6) is 5.75 Å². The molecule has 1 heterocycles. The maximum atomic E-state index is 12.0. The minimum Gasteiger partial charge on any atom is -0.490 e. The molecule has 0 fully saturated rings. The molecule has 0 radical (unpaired) electrons. The van der Waals surface area contributed by atoms with Crippen molar-refractivity contribution in [2.45, 2.75) is 0 Å². The SMILES string of the molecule is O=C(O)C(=O)Nc1cc(=O)c2c(OCCO)cccc2o1. The number of aliphatic hydroxyl groups excluding tert-OH is 1. The first-order valence-electron chi connectivity index (χ1n) is 5.87. The van der Waals surface area contributed by atoms with Crippen LogP contribution in [0.1, 0.15) is 0 Å². The standard InChI is InChI=1S/C13H11NO7/c15-4-5-20-8-2-1-3-9-11(8)7(16)6-10(21-9)14-12(17)13(18)19/h1-3,6,15H,4-5H2,(H,14,17)(H,18,19). The fourth-order valence-electron chi connectivity index (χ4n) is 1.68. The van der Waals surface area contributed by atoms with E-state index in [-0.39, 0.29) is 35.8 Å². The summed E-state index contributed by atoms with van der Waals surface area (Å²) in [7, 11) is 0. The van der Waals surface area contributed by atoms with E-state index >= 15 is 0 Å². The van der Waals surface area contributed by atoms with E-state index in [2.05, 4.69) is 0 Å². The van der Waals surface area contributed by atoms with Crippen LogP contribution in [0.25, 0.3) is 11.0 Å². The van der Waals surface area contributed by atoms with Gasteiger partial charge in [0, 0.05) is 6.07 Å². The number of rotatable bonds is 4. The molecule has 110 valence electrons. The number of hydrogen-bond donors (Lipinski definition) is 3. The molecule has 8 nitrogen and oxygen atoms in total. The smallest absolute Gasteiger partial charge is 0.394 e. The molecule has 0 aliphatic heterocycles. The van der Waals surface area contributed by atoms with Gasteiger partial charge < -0.3 is 19.4 Å². The average Bonchev–Trinajstić information content (AvgIpc) is 2.44. The lowest BCUT2D eigenvalue weighted by atomic mass is 10.2. The highest BCUT2D eigenvalue weighted by molar-refractivity contribution is 6.36. The normalized spacial score (nSPS) is 10.3. The van der Waals surface area contributed by atoms with Gasteiger partial charge in [0.05, 0.1) is 6.61 Å². The van der Waals surface area contributed by atoms with Crippen LogP contribution in [-0.2, 0) is 9.59 Å². The Bertz CT molecular complexity index is 750. The summed E-state index contributed by atoms with van der Waals surface area (Å²) in [6, 6.07) is 5.51. The summed E-state index contributed by atoms with van der Waals surface area (Å²) in [6.45, 7) is -0.204. The van der Waals surface area contributed by atoms with Crippen molar-refractivity contribution >= 4 is 28.7 Å². The van der Waals surface area contributed by atoms with Gasteiger partial charge in [0.1, 0.15) is 23.3 Å². The molecule has 3 N–H and O–H groups in total. The highest BCUT2D eigenvalue weighted by Gasteiger charge is 2.15. The van der Waals surface area contributed by atoms with Gasteiger partial charge in [-0.3, -0.25) is 14.9 Å². The number of carbonyl (C=O) groups excluding carboxylic acids is 1. The number of ether oxygens (including phenoxy) is 1. The fraction of sp³-hybridized carbons (Fsp3) is 0.154. The number of hydrogen-bond acceptors (Lipinski definition) is 6. The second-order valence-electron chi connectivity index (χ2n) is 3.94. The van der Waals surface area contributed by atoms with Crippen molar-refractivity contribution in [3.63, 3.8) is 0 Å². The van der Waals surface area contributed by atoms with Crippen molar-refractivity contribution in [2.75, 3.05) is 18.5 Å². The van der Waals surface area contributed by atoms with Crippen LogP contribution in [0.4, 0.5) is 5.88 Å². The Morgan fingerprint density at radius 2 is 2.10 bits per heavy atom. The van der Waals surface area contributed by atoms with E-state index in [0.29, 0.717) is 0 Å². The van der Waals surface area contributed by atoms with Crippen LogP contribution in [0.3, 0.4) is 0 Å². The molecule has 1 amide bonds. The number of amides is 1. The molecule has 0 aliphatic rings. The minimum atomic E-state index is -1.70. The van der Waals surface area contributed by atoms with E-state index < -0.39 is 17.3 Å². The summed E-state index contributed by atoms with van der Waals surface area (Å²) in [5.74, 6) is -3.06. The molecule has 8 heteroatoms. The predicted octanol–water partition coefficient (Wildman–Crippen LogP) is 0.187. The Kier molecular flexibility index (Phi) is 4.19. The first kappa shape index (κ1) is 14.5. The Balaban J connectivity index is 2.45. The van der Waals surface area contributed by atoms with Gasteiger partial charge in [0.25, 0.3) is 0 Å². The van der Waals surface area contributed by atoms with Gasteiger partial charge >= 0.3 is 11.9 Å². The van der Waals surface area contributed by atoms with Crippen LogP contribution in [-0.4, -0.2) is 35.3 Å². The van der Waals surface area contributed by atoms with Crippen molar-refractivity contribution in [2.24, 2.45) is 0 Å². The average molecular weight is 293 g/mol. The van der Waals surface area contributed by atoms with Gasteiger partial charge in [-0.25, -0.2) is 4.79 Å². The number of aliphatic carboxylic acids is 1. The lowest BCUT2D eigenvalue weighted by Crippen LogP contribution is -2.22. The van der Waals surface area contributed by atoms with Crippen molar-refractivity contribution in [1.29, 1.82) is 0 Å². The zero-order chi connectivity index (χ0) is 15.4. The predicted molar refractivity (Wildman–Crippen MR) is 71.3 cm³/mol. The van der Waals surface area contributed by atoms with Gasteiger partial charge in [-0.05, 0) is 12.1 Å². The molecule has 0 saturated heterocycles. The molecular formula is C13H11NO7. The summed E-state index contributed by atoms with van der Waals surface area (Å²) in [4.78, 5) is 33.5. The van der Waals surface area contributed by atoms with Gasteiger partial charge in [-0.2, -0.15) is 0 Å². The molecule has 2 rings (SSSR count). The van der Waals surface area contributed by atoms with E-state index in [1.165, 1.54) is 12.1 Å². The molecule has 0 aliphatic carbocycles. The van der Waals surface area contributed by atoms with Gasteiger partial charge in [-0.1, -0.05) is 6.07 Å². The number of anilines is 1. The summed E-state index contributed by atoms with van der Waals surface area (Å²) in [6.07, 6.45) is 0. The first-order chi connectivity index (χ1) is 10.0. The minimum absolute atomic E-state index is 0.00998. The second-order valence-corrected chi connectivity index (χ2v) is 3.94. The molecule has 0 saturated carbocycles. The third kappa shape index (κ3) is 3.18. The number of carboxylic acids is 1. The van der Waals surface area contributed by atoms with Gasteiger partial charge in [-0.15, -0.1) is 0 Å². The van der Waals surface area contributed by atoms with Crippen molar-refractivity contribution < 1.29 is 29.0 Å². The summed E-state index contributed by atoms with van der Waals surface area (Å²) in [5.41, 5.74) is -0.385. The molecule has 0 unspecified atom stereocenters. The van der Waals surface area contributed by atoms with Crippen LogP contribution >= 0.6 is 0 Å². The number of nitrogens with one attached hydrogen (secondary N) is 1. The topological polar surface area (TPSA) is 126 Å². The Morgan fingerprint density at radius 3 is 2.76 bits per heavy atom. The molecule has 1 aromatic carbocycles. The van der Waals surface area contributed by atoms with Crippen LogP contribution in [0, 0.1) is 0 Å². The van der Waals surface area contributed by atoms with E-state index in [1.807, 2.05) is 5.32 Å². The Labute approximate surface area is 117 Å². The summed E-state index contributed by atoms with van der Waals surface area (Å²) < 4.78 is 10.5. The Morgan fingerprint density at radius 1 is 1.33 bits per heavy atom. The maximum Gasteiger partial charge on any atom is 0.394 e. The van der Waals surface area contributed by atoms with Crippen molar-refractivity contribution in [3.05, 3.63) is 34.5 Å². The molecule has 1 aromatic heterocycles. The second kappa shape index (κ2) is 6.06. The van der Waals surface area contributed by atoms with Gasteiger partial charge in [0.2, 0.25) is 5.88 Å². The Hall–Kier alpha value is -2.87. The summed E-state index contributed by atoms with van der Waals surface area (Å²) >= 11 is 0. The lowest BCUT2D eigenvalue weighted by Gasteiger charge is -2.08. The largest absolute Gasteiger partial charge is 0.490 e. The van der Waals surface area contributed by atoms with E-state index in [4.69, 9.17) is 19.4 Å². The third-order valence-corrected chi connectivity index (χ3v) is 2.50. The van der Waals surface area contributed by atoms with Crippen molar-refractivity contribution in [3.8, 4) is 5.75 Å². The molecule has 21 heavy (non-hydrogen) atoms. The lowest BCUT2D eigenvalue weighted by molar-refractivity contribution is -0.147. The molecule has 0 bridgehead atoms. The van der Waals surface area contributed by atoms with Crippen molar-refractivity contribution in [1.82, 2.24) is 0 Å². The maximum absolute atomic E-state index is 12.0. The molecule has 0 spiro atoms. The van der Waals surface area contributed by atoms with E-state index in [1.54, 1.807) is 6.07 Å². The third-order valence-electron chi connectivity index (χ3n) is 2.50. The molecule has 2 aromatic rings. The van der Waals surface area contributed by atoms with Crippen LogP contribution in [0.2, 0.25) is 0 Å². The van der Waals surface area contributed by atoms with Crippen LogP contribution < -0.4 is 15.5 Å². The number of fused-ring (bicyclic) bond motifs is 1. The summed E-state index contributed by atoms with van der Waals surface area (Å²) in [5, 5.41) is 19.3. The molecule has 0 atom stereocenters. The zero-order valence-electron chi connectivity index (χ0n) is 10.7. The highest BCUT2D eigenvalue weighted by Crippen LogP contribution is 2.24. The number of carbonyl (C=O) groups is 2. The van der Waals surface area contributed by atoms with E-state index in [9.17, 15) is 14.4 Å². The van der Waals surface area contributed by atoms with E-state index in [0.717, 1.165) is 6.07 Å². The highest BCUT2D eigenvalue weighted by atomic mass is 16.5. The molecular weight excluding hydrogens is 282 g/mol. The number of benzene rings is 1. The van der Waals surface area contributed by atoms with Crippen LogP contribution in [0.15, 0.2) is 33.5 Å². The van der Waals surface area contributed by atoms with Gasteiger partial charge in [0.15, 0.2) is 5.43 Å². The first-order valence-corrected chi connectivity index (χ1v) is 5.87. The number of carboxylic acid groups (broad SMARTS) is 1. The quantitative estimate of drug-likeness (QED) is 0.687.